The minimum atomic E-state index is -0.379. The summed E-state index contributed by atoms with van der Waals surface area (Å²) in [5, 5.41) is 3.60. The van der Waals surface area contributed by atoms with Gasteiger partial charge in [-0.2, -0.15) is 0 Å². The molecule has 1 heterocycles. The summed E-state index contributed by atoms with van der Waals surface area (Å²) in [6, 6.07) is 11.3. The lowest BCUT2D eigenvalue weighted by Crippen LogP contribution is -2.28. The third kappa shape index (κ3) is 3.94. The summed E-state index contributed by atoms with van der Waals surface area (Å²) in [6.07, 6.45) is 1.02. The van der Waals surface area contributed by atoms with Crippen LogP contribution in [0.2, 0.25) is 5.02 Å². The van der Waals surface area contributed by atoms with E-state index in [0.717, 1.165) is 33.4 Å². The van der Waals surface area contributed by atoms with Crippen LogP contribution in [0.4, 0.5) is 11.4 Å². The standard InChI is InChI=1S/C20H20BrClN2O2/c1-3-13-8-15(21)5-7-18(13)23-20(26)14-9-19(25)24(11-14)16-6-4-12(2)17(22)10-16/h4-8,10,14H,3,9,11H2,1-2H3,(H,23,26). The number of hydrogen-bond donors (Lipinski definition) is 1. The van der Waals surface area contributed by atoms with E-state index in [1.165, 1.54) is 0 Å². The third-order valence-electron chi connectivity index (χ3n) is 4.67. The highest BCUT2D eigenvalue weighted by Gasteiger charge is 2.35. The van der Waals surface area contributed by atoms with Crippen LogP contribution in [0, 0.1) is 12.8 Å². The molecule has 0 spiro atoms. The Balaban J connectivity index is 1.74. The van der Waals surface area contributed by atoms with Gasteiger partial charge in [-0.25, -0.2) is 0 Å². The first-order chi connectivity index (χ1) is 12.4. The van der Waals surface area contributed by atoms with Crippen molar-refractivity contribution in [2.45, 2.75) is 26.7 Å². The maximum atomic E-state index is 12.7. The normalized spacial score (nSPS) is 16.8. The Hall–Kier alpha value is -1.85. The lowest BCUT2D eigenvalue weighted by atomic mass is 10.1. The molecule has 1 aliphatic rings. The topological polar surface area (TPSA) is 49.4 Å². The summed E-state index contributed by atoms with van der Waals surface area (Å²) < 4.78 is 0.978. The lowest BCUT2D eigenvalue weighted by Gasteiger charge is -2.18. The summed E-state index contributed by atoms with van der Waals surface area (Å²) in [5.74, 6) is -0.566. The molecule has 0 bridgehead atoms. The van der Waals surface area contributed by atoms with E-state index in [2.05, 4.69) is 21.2 Å². The Kier molecular flexibility index (Phi) is 5.68. The monoisotopic (exact) mass is 434 g/mol. The van der Waals surface area contributed by atoms with Crippen LogP contribution < -0.4 is 10.2 Å². The molecule has 1 N–H and O–H groups in total. The van der Waals surface area contributed by atoms with E-state index in [0.29, 0.717) is 11.6 Å². The van der Waals surface area contributed by atoms with Crippen LogP contribution in [0.25, 0.3) is 0 Å². The number of rotatable bonds is 4. The van der Waals surface area contributed by atoms with Crippen molar-refractivity contribution in [3.8, 4) is 0 Å². The van der Waals surface area contributed by atoms with E-state index >= 15 is 0 Å². The first-order valence-electron chi connectivity index (χ1n) is 8.55. The van der Waals surface area contributed by atoms with Gasteiger partial charge in [0.2, 0.25) is 11.8 Å². The molecule has 0 radical (unpaired) electrons. The molecule has 2 aromatic rings. The van der Waals surface area contributed by atoms with Crippen LogP contribution in [-0.4, -0.2) is 18.4 Å². The van der Waals surface area contributed by atoms with E-state index in [1.54, 1.807) is 11.0 Å². The van der Waals surface area contributed by atoms with Gasteiger partial charge in [-0.05, 0) is 54.8 Å². The highest BCUT2D eigenvalue weighted by molar-refractivity contribution is 9.10. The zero-order valence-corrected chi connectivity index (χ0v) is 17.0. The number of amides is 2. The number of benzene rings is 2. The van der Waals surface area contributed by atoms with Crippen molar-refractivity contribution in [1.29, 1.82) is 0 Å². The molecule has 0 saturated carbocycles. The Morgan fingerprint density at radius 3 is 2.77 bits per heavy atom. The van der Waals surface area contributed by atoms with Crippen LogP contribution in [0.15, 0.2) is 40.9 Å². The molecule has 1 fully saturated rings. The Morgan fingerprint density at radius 2 is 2.08 bits per heavy atom. The number of carbonyl (C=O) groups excluding carboxylic acids is 2. The van der Waals surface area contributed by atoms with E-state index in [1.807, 2.05) is 44.2 Å². The van der Waals surface area contributed by atoms with Gasteiger partial charge < -0.3 is 10.2 Å². The van der Waals surface area contributed by atoms with E-state index < -0.39 is 0 Å². The summed E-state index contributed by atoms with van der Waals surface area (Å²) in [7, 11) is 0. The fourth-order valence-electron chi connectivity index (χ4n) is 3.09. The Labute approximate surface area is 166 Å². The van der Waals surface area contributed by atoms with E-state index in [9.17, 15) is 9.59 Å². The van der Waals surface area contributed by atoms with Gasteiger partial charge in [-0.3, -0.25) is 9.59 Å². The molecule has 2 amide bonds. The van der Waals surface area contributed by atoms with Crippen molar-refractivity contribution < 1.29 is 9.59 Å². The molecular formula is C20H20BrClN2O2. The molecule has 2 aromatic carbocycles. The molecule has 0 aliphatic carbocycles. The smallest absolute Gasteiger partial charge is 0.229 e. The maximum absolute atomic E-state index is 12.7. The molecule has 1 atom stereocenters. The predicted molar refractivity (Wildman–Crippen MR) is 109 cm³/mol. The minimum Gasteiger partial charge on any atom is -0.326 e. The first-order valence-corrected chi connectivity index (χ1v) is 9.72. The molecular weight excluding hydrogens is 416 g/mol. The van der Waals surface area contributed by atoms with E-state index in [4.69, 9.17) is 11.6 Å². The first kappa shape index (κ1) is 18.9. The van der Waals surface area contributed by atoms with Crippen LogP contribution in [0.5, 0.6) is 0 Å². The fraction of sp³-hybridized carbons (Fsp3) is 0.300. The number of halogens is 2. The number of carbonyl (C=O) groups is 2. The predicted octanol–water partition coefficient (Wildman–Crippen LogP) is 4.96. The second-order valence-electron chi connectivity index (χ2n) is 6.48. The van der Waals surface area contributed by atoms with Crippen molar-refractivity contribution in [1.82, 2.24) is 0 Å². The van der Waals surface area contributed by atoms with Crippen molar-refractivity contribution >= 4 is 50.7 Å². The molecule has 3 rings (SSSR count). The van der Waals surface area contributed by atoms with Gasteiger partial charge >= 0.3 is 0 Å². The van der Waals surface area contributed by atoms with E-state index in [-0.39, 0.29) is 24.2 Å². The van der Waals surface area contributed by atoms with Gasteiger partial charge in [0.05, 0.1) is 5.92 Å². The van der Waals surface area contributed by atoms with Gasteiger partial charge in [0.25, 0.3) is 0 Å². The summed E-state index contributed by atoms with van der Waals surface area (Å²) in [6.45, 7) is 4.32. The van der Waals surface area contributed by atoms with Gasteiger partial charge in [0.15, 0.2) is 0 Å². The number of nitrogens with zero attached hydrogens (tertiary/aromatic N) is 1. The SMILES string of the molecule is CCc1cc(Br)ccc1NC(=O)C1CC(=O)N(c2ccc(C)c(Cl)c2)C1. The van der Waals surface area contributed by atoms with Crippen LogP contribution in [0.3, 0.4) is 0 Å². The minimum absolute atomic E-state index is 0.0587. The molecule has 4 nitrogen and oxygen atoms in total. The van der Waals surface area contributed by atoms with Gasteiger partial charge in [0, 0.05) is 33.8 Å². The largest absolute Gasteiger partial charge is 0.326 e. The number of aryl methyl sites for hydroxylation is 2. The highest BCUT2D eigenvalue weighted by Crippen LogP contribution is 2.30. The van der Waals surface area contributed by atoms with Crippen molar-refractivity contribution in [3.05, 3.63) is 57.0 Å². The molecule has 0 aromatic heterocycles. The number of anilines is 2. The molecule has 1 unspecified atom stereocenters. The summed E-state index contributed by atoms with van der Waals surface area (Å²) >= 11 is 9.62. The Bertz CT molecular complexity index is 869. The average Bonchev–Trinajstić information content (AvgIpc) is 3.00. The molecule has 6 heteroatoms. The second-order valence-corrected chi connectivity index (χ2v) is 7.81. The molecule has 26 heavy (non-hydrogen) atoms. The Morgan fingerprint density at radius 1 is 1.31 bits per heavy atom. The van der Waals surface area contributed by atoms with Gasteiger partial charge in [0.1, 0.15) is 0 Å². The second kappa shape index (κ2) is 7.80. The maximum Gasteiger partial charge on any atom is 0.229 e. The van der Waals surface area contributed by atoms with Crippen LogP contribution in [0.1, 0.15) is 24.5 Å². The fourth-order valence-corrected chi connectivity index (χ4v) is 3.68. The number of hydrogen-bond acceptors (Lipinski definition) is 2. The van der Waals surface area contributed by atoms with Crippen molar-refractivity contribution in [2.75, 3.05) is 16.8 Å². The quantitative estimate of drug-likeness (QED) is 0.737. The average molecular weight is 436 g/mol. The van der Waals surface area contributed by atoms with Crippen molar-refractivity contribution in [3.63, 3.8) is 0 Å². The third-order valence-corrected chi connectivity index (χ3v) is 5.57. The molecule has 136 valence electrons. The summed E-state index contributed by atoms with van der Waals surface area (Å²) in [4.78, 5) is 26.7. The lowest BCUT2D eigenvalue weighted by molar-refractivity contribution is -0.122. The van der Waals surface area contributed by atoms with Gasteiger partial charge in [-0.1, -0.05) is 40.5 Å². The number of nitrogens with one attached hydrogen (secondary N) is 1. The molecule has 1 saturated heterocycles. The van der Waals surface area contributed by atoms with Gasteiger partial charge in [-0.15, -0.1) is 0 Å². The summed E-state index contributed by atoms with van der Waals surface area (Å²) in [5.41, 5.74) is 3.54. The van der Waals surface area contributed by atoms with Crippen LogP contribution in [-0.2, 0) is 16.0 Å². The van der Waals surface area contributed by atoms with Crippen LogP contribution >= 0.6 is 27.5 Å². The zero-order chi connectivity index (χ0) is 18.8. The molecule has 1 aliphatic heterocycles. The zero-order valence-electron chi connectivity index (χ0n) is 14.7. The highest BCUT2D eigenvalue weighted by atomic mass is 79.9. The van der Waals surface area contributed by atoms with Crippen molar-refractivity contribution in [2.24, 2.45) is 5.92 Å².